The van der Waals surface area contributed by atoms with Crippen LogP contribution in [0.2, 0.25) is 0 Å². The largest absolute Gasteiger partial charge is 0.394 e. The van der Waals surface area contributed by atoms with Crippen LogP contribution in [0.1, 0.15) is 27.2 Å². The van der Waals surface area contributed by atoms with E-state index in [1.54, 1.807) is 0 Å². The van der Waals surface area contributed by atoms with E-state index in [-0.39, 0.29) is 36.8 Å². The minimum Gasteiger partial charge on any atom is -0.394 e. The highest BCUT2D eigenvalue weighted by molar-refractivity contribution is 5.08. The summed E-state index contributed by atoms with van der Waals surface area (Å²) >= 11 is 0. The second-order valence-electron chi connectivity index (χ2n) is 5.38. The average Bonchev–Trinajstić information content (AvgIpc) is 2.56. The van der Waals surface area contributed by atoms with Crippen LogP contribution in [0.4, 0.5) is 0 Å². The molecule has 0 unspecified atom stereocenters. The molecule has 5 heteroatoms. The lowest BCUT2D eigenvalue weighted by molar-refractivity contribution is -0.210. The maximum Gasteiger partial charge on any atom is 0.187 e. The van der Waals surface area contributed by atoms with Crippen LogP contribution in [0.3, 0.4) is 0 Å². The fourth-order valence-electron chi connectivity index (χ4n) is 2.65. The van der Waals surface area contributed by atoms with Crippen molar-refractivity contribution in [2.75, 3.05) is 6.61 Å². The molecule has 0 aromatic rings. The summed E-state index contributed by atoms with van der Waals surface area (Å²) in [5.41, 5.74) is -0.365. The second-order valence-corrected chi connectivity index (χ2v) is 5.38. The van der Waals surface area contributed by atoms with Crippen molar-refractivity contribution in [3.63, 3.8) is 0 Å². The van der Waals surface area contributed by atoms with Crippen molar-refractivity contribution >= 4 is 0 Å². The summed E-state index contributed by atoms with van der Waals surface area (Å²) in [6.07, 6.45) is 0.307. The minimum atomic E-state index is -0.554. The Balaban J connectivity index is 1.65. The van der Waals surface area contributed by atoms with Crippen LogP contribution in [0.15, 0.2) is 0 Å². The van der Waals surface area contributed by atoms with Crippen LogP contribution in [0.5, 0.6) is 0 Å². The Labute approximate surface area is 94.6 Å². The molecule has 0 aromatic carbocycles. The third-order valence-electron chi connectivity index (χ3n) is 3.67. The Hall–Kier alpha value is -0.200. The standard InChI is InChI=1S/C11H18O5/c1-10(2)14-6-4-7(13-9(6)16-10)11(3)8(5-12)15-11/h6-9,12H,4-5H2,1-3H3/t6-,7-,8+,9-,11+/m1/s1. The van der Waals surface area contributed by atoms with Crippen molar-refractivity contribution in [3.05, 3.63) is 0 Å². The van der Waals surface area contributed by atoms with Crippen LogP contribution in [-0.4, -0.2) is 47.7 Å². The zero-order chi connectivity index (χ0) is 11.6. The normalized spacial score (nSPS) is 54.0. The van der Waals surface area contributed by atoms with Crippen molar-refractivity contribution in [2.24, 2.45) is 0 Å². The van der Waals surface area contributed by atoms with Gasteiger partial charge in [-0.05, 0) is 20.8 Å². The van der Waals surface area contributed by atoms with Gasteiger partial charge >= 0.3 is 0 Å². The number of rotatable bonds is 2. The van der Waals surface area contributed by atoms with Crippen LogP contribution in [0.25, 0.3) is 0 Å². The molecular formula is C11H18O5. The van der Waals surface area contributed by atoms with Gasteiger partial charge in [0, 0.05) is 6.42 Å². The van der Waals surface area contributed by atoms with Gasteiger partial charge in [0.15, 0.2) is 12.1 Å². The average molecular weight is 230 g/mol. The number of aliphatic hydroxyl groups excluding tert-OH is 1. The van der Waals surface area contributed by atoms with E-state index in [9.17, 15) is 0 Å². The topological polar surface area (TPSA) is 60.5 Å². The van der Waals surface area contributed by atoms with E-state index >= 15 is 0 Å². The zero-order valence-electron chi connectivity index (χ0n) is 9.80. The van der Waals surface area contributed by atoms with Crippen molar-refractivity contribution in [2.45, 2.75) is 63.2 Å². The molecule has 0 aliphatic carbocycles. The monoisotopic (exact) mass is 230 g/mol. The van der Waals surface area contributed by atoms with Gasteiger partial charge in [0.2, 0.25) is 0 Å². The van der Waals surface area contributed by atoms with Gasteiger partial charge in [0.1, 0.15) is 17.8 Å². The maximum atomic E-state index is 9.04. The molecule has 0 bridgehead atoms. The Morgan fingerprint density at radius 3 is 2.50 bits per heavy atom. The summed E-state index contributed by atoms with van der Waals surface area (Å²) in [6.45, 7) is 5.77. The molecule has 3 rings (SSSR count). The summed E-state index contributed by atoms with van der Waals surface area (Å²) < 4.78 is 22.6. The van der Waals surface area contributed by atoms with E-state index in [0.717, 1.165) is 6.42 Å². The number of aliphatic hydroxyl groups is 1. The fourth-order valence-corrected chi connectivity index (χ4v) is 2.65. The van der Waals surface area contributed by atoms with Crippen LogP contribution in [-0.2, 0) is 18.9 Å². The van der Waals surface area contributed by atoms with Crippen LogP contribution in [0, 0.1) is 0 Å². The number of hydrogen-bond acceptors (Lipinski definition) is 5. The van der Waals surface area contributed by atoms with Gasteiger partial charge in [-0.25, -0.2) is 0 Å². The Kier molecular flexibility index (Phi) is 2.17. The first-order chi connectivity index (χ1) is 7.44. The minimum absolute atomic E-state index is 0.0135. The molecule has 1 N–H and O–H groups in total. The highest BCUT2D eigenvalue weighted by atomic mass is 16.8. The highest BCUT2D eigenvalue weighted by Gasteiger charge is 2.63. The lowest BCUT2D eigenvalue weighted by atomic mass is 9.98. The zero-order valence-corrected chi connectivity index (χ0v) is 9.80. The van der Waals surface area contributed by atoms with Gasteiger partial charge in [-0.2, -0.15) is 0 Å². The Bertz CT molecular complexity index is 289. The van der Waals surface area contributed by atoms with Gasteiger partial charge in [0.05, 0.1) is 12.7 Å². The molecule has 16 heavy (non-hydrogen) atoms. The molecule has 5 atom stereocenters. The second kappa shape index (κ2) is 3.17. The molecule has 3 heterocycles. The van der Waals surface area contributed by atoms with Gasteiger partial charge in [0.25, 0.3) is 0 Å². The highest BCUT2D eigenvalue weighted by Crippen LogP contribution is 2.48. The van der Waals surface area contributed by atoms with Gasteiger partial charge < -0.3 is 24.1 Å². The predicted molar refractivity (Wildman–Crippen MR) is 53.7 cm³/mol. The van der Waals surface area contributed by atoms with Gasteiger partial charge in [-0.3, -0.25) is 0 Å². The summed E-state index contributed by atoms with van der Waals surface area (Å²) in [6, 6.07) is 0. The molecule has 0 spiro atoms. The molecule has 3 aliphatic rings. The number of epoxide rings is 1. The summed E-state index contributed by atoms with van der Waals surface area (Å²) in [7, 11) is 0. The first-order valence-corrected chi connectivity index (χ1v) is 5.74. The maximum absolute atomic E-state index is 9.04. The molecular weight excluding hydrogens is 212 g/mol. The smallest absolute Gasteiger partial charge is 0.187 e. The Morgan fingerprint density at radius 1 is 1.19 bits per heavy atom. The van der Waals surface area contributed by atoms with Crippen molar-refractivity contribution in [1.29, 1.82) is 0 Å². The lowest BCUT2D eigenvalue weighted by Crippen LogP contribution is -2.33. The van der Waals surface area contributed by atoms with E-state index < -0.39 is 5.79 Å². The van der Waals surface area contributed by atoms with E-state index in [4.69, 9.17) is 24.1 Å². The van der Waals surface area contributed by atoms with Gasteiger partial charge in [-0.15, -0.1) is 0 Å². The molecule has 0 aromatic heterocycles. The molecule has 3 aliphatic heterocycles. The lowest BCUT2D eigenvalue weighted by Gasteiger charge is -2.22. The van der Waals surface area contributed by atoms with Crippen LogP contribution < -0.4 is 0 Å². The quantitative estimate of drug-likeness (QED) is 0.696. The number of hydrogen-bond donors (Lipinski definition) is 1. The SMILES string of the molecule is CC1(C)O[C@H]2O[C@@H]([C@]3(C)O[C@H]3CO)C[C@H]2O1. The summed E-state index contributed by atoms with van der Waals surface area (Å²) in [5, 5.41) is 9.04. The Morgan fingerprint density at radius 2 is 1.94 bits per heavy atom. The van der Waals surface area contributed by atoms with Crippen molar-refractivity contribution in [3.8, 4) is 0 Å². The van der Waals surface area contributed by atoms with E-state index in [1.807, 2.05) is 20.8 Å². The summed E-state index contributed by atoms with van der Waals surface area (Å²) in [5.74, 6) is -0.554. The molecule has 0 saturated carbocycles. The third kappa shape index (κ3) is 1.50. The first-order valence-electron chi connectivity index (χ1n) is 5.74. The van der Waals surface area contributed by atoms with Crippen molar-refractivity contribution in [1.82, 2.24) is 0 Å². The summed E-state index contributed by atoms with van der Waals surface area (Å²) in [4.78, 5) is 0. The van der Waals surface area contributed by atoms with Crippen molar-refractivity contribution < 1.29 is 24.1 Å². The first kappa shape index (κ1) is 10.9. The van der Waals surface area contributed by atoms with E-state index in [0.29, 0.717) is 0 Å². The number of fused-ring (bicyclic) bond motifs is 1. The molecule has 3 fully saturated rings. The number of ether oxygens (including phenoxy) is 4. The molecule has 92 valence electrons. The van der Waals surface area contributed by atoms with Crippen LogP contribution >= 0.6 is 0 Å². The molecule has 5 nitrogen and oxygen atoms in total. The van der Waals surface area contributed by atoms with Gasteiger partial charge in [-0.1, -0.05) is 0 Å². The predicted octanol–water partition coefficient (Wildman–Crippen LogP) is 0.403. The molecule has 0 radical (unpaired) electrons. The molecule has 3 saturated heterocycles. The fraction of sp³-hybridized carbons (Fsp3) is 1.00. The van der Waals surface area contributed by atoms with E-state index in [1.165, 1.54) is 0 Å². The van der Waals surface area contributed by atoms with E-state index in [2.05, 4.69) is 0 Å². The third-order valence-corrected chi connectivity index (χ3v) is 3.67. The molecule has 0 amide bonds.